The number of rotatable bonds is 13. The second-order valence-electron chi connectivity index (χ2n) is 18.6. The Morgan fingerprint density at radius 2 is 0.800 bits per heavy atom. The van der Waals surface area contributed by atoms with Crippen molar-refractivity contribution in [3.63, 3.8) is 0 Å². The van der Waals surface area contributed by atoms with Crippen LogP contribution in [0.25, 0.3) is 88.0 Å². The van der Waals surface area contributed by atoms with Gasteiger partial charge in [-0.05, 0) is 150 Å². The van der Waals surface area contributed by atoms with Crippen LogP contribution >= 0.6 is 0 Å². The third-order valence-corrected chi connectivity index (χ3v) is 14.0. The van der Waals surface area contributed by atoms with Gasteiger partial charge in [0.05, 0.1) is 11.4 Å². The van der Waals surface area contributed by atoms with Gasteiger partial charge < -0.3 is 4.90 Å². The maximum Gasteiger partial charge on any atom is 0.0540 e. The van der Waals surface area contributed by atoms with Crippen molar-refractivity contribution in [2.45, 2.75) is 46.5 Å². The number of hydrogen-bond donors (Lipinski definition) is 0. The Bertz CT molecular complexity index is 3660. The van der Waals surface area contributed by atoms with E-state index in [4.69, 9.17) is 0 Å². The van der Waals surface area contributed by atoms with Crippen molar-refractivity contribution in [3.05, 3.63) is 259 Å². The minimum absolute atomic E-state index is 0.994. The van der Waals surface area contributed by atoms with Gasteiger partial charge in [0.1, 0.15) is 0 Å². The van der Waals surface area contributed by atoms with Gasteiger partial charge in [0, 0.05) is 16.8 Å². The van der Waals surface area contributed by atoms with Gasteiger partial charge in [0.2, 0.25) is 0 Å². The number of aryl methyl sites for hydroxylation is 1. The Morgan fingerprint density at radius 1 is 0.343 bits per heavy atom. The molecule has 0 spiro atoms. The highest BCUT2D eigenvalue weighted by atomic mass is 15.1. The van der Waals surface area contributed by atoms with Gasteiger partial charge >= 0.3 is 0 Å². The molecule has 0 saturated carbocycles. The predicted octanol–water partition coefficient (Wildman–Crippen LogP) is 20.1. The first-order chi connectivity index (χ1) is 34.6. The lowest BCUT2D eigenvalue weighted by molar-refractivity contribution is 0.945. The molecule has 0 saturated heterocycles. The molecule has 0 unspecified atom stereocenters. The molecule has 338 valence electrons. The molecular weight excluding hydrogens is 843 g/mol. The van der Waals surface area contributed by atoms with Crippen molar-refractivity contribution >= 4 is 60.5 Å². The van der Waals surface area contributed by atoms with Crippen LogP contribution < -0.4 is 4.90 Å². The summed E-state index contributed by atoms with van der Waals surface area (Å²) in [7, 11) is 0. The van der Waals surface area contributed by atoms with E-state index in [-0.39, 0.29) is 0 Å². The standard InChI is InChI=1S/C69H57N/c1-4-22-58(59(23-5-2)56-40-42-63-65(47-56)69(52-30-16-9-17-31-52)62-34-19-18-33-61(62)68(63)51-28-14-8-15-29-51)55-38-37-54-46-57(41-39-53(54)45-55)70(66-35-21-20-32-60(66)49-24-10-6-11-25-49)67-43-36-48(3)44-64(67)50-26-12-7-13-27-50/h6-21,24-47H,4-5,22-23H2,1-3H3. The lowest BCUT2D eigenvalue weighted by Crippen LogP contribution is -2.12. The van der Waals surface area contributed by atoms with Crippen molar-refractivity contribution in [3.8, 4) is 44.5 Å². The normalized spacial score (nSPS) is 11.8. The number of allylic oxidation sites excluding steroid dienone is 2. The molecule has 70 heavy (non-hydrogen) atoms. The summed E-state index contributed by atoms with van der Waals surface area (Å²) in [5.74, 6) is 0. The van der Waals surface area contributed by atoms with Crippen molar-refractivity contribution in [2.75, 3.05) is 4.90 Å². The van der Waals surface area contributed by atoms with E-state index in [2.05, 4.69) is 268 Å². The molecule has 11 aromatic carbocycles. The maximum absolute atomic E-state index is 2.52. The average molecular weight is 900 g/mol. The molecule has 0 atom stereocenters. The third kappa shape index (κ3) is 8.50. The van der Waals surface area contributed by atoms with Crippen LogP contribution in [0.4, 0.5) is 17.1 Å². The van der Waals surface area contributed by atoms with Crippen LogP contribution in [0, 0.1) is 6.92 Å². The predicted molar refractivity (Wildman–Crippen MR) is 303 cm³/mol. The van der Waals surface area contributed by atoms with Gasteiger partial charge in [-0.1, -0.05) is 232 Å². The van der Waals surface area contributed by atoms with E-state index in [9.17, 15) is 0 Å². The second kappa shape index (κ2) is 19.8. The molecule has 0 aliphatic heterocycles. The first-order valence-corrected chi connectivity index (χ1v) is 25.0. The average Bonchev–Trinajstić information content (AvgIpc) is 3.42. The van der Waals surface area contributed by atoms with Crippen LogP contribution in [0.3, 0.4) is 0 Å². The van der Waals surface area contributed by atoms with Gasteiger partial charge in [-0.3, -0.25) is 0 Å². The minimum Gasteiger partial charge on any atom is -0.309 e. The highest BCUT2D eigenvalue weighted by molar-refractivity contribution is 6.22. The van der Waals surface area contributed by atoms with Gasteiger partial charge in [-0.15, -0.1) is 0 Å². The molecule has 0 N–H and O–H groups in total. The molecule has 1 heteroatoms. The number of fused-ring (bicyclic) bond motifs is 3. The monoisotopic (exact) mass is 899 g/mol. The van der Waals surface area contributed by atoms with E-state index in [1.165, 1.54) is 105 Å². The lowest BCUT2D eigenvalue weighted by Gasteiger charge is -2.30. The third-order valence-electron chi connectivity index (χ3n) is 14.0. The Morgan fingerprint density at radius 3 is 1.41 bits per heavy atom. The van der Waals surface area contributed by atoms with Crippen molar-refractivity contribution < 1.29 is 0 Å². The molecule has 0 fully saturated rings. The zero-order chi connectivity index (χ0) is 47.4. The van der Waals surface area contributed by atoms with E-state index >= 15 is 0 Å². The van der Waals surface area contributed by atoms with Crippen molar-refractivity contribution in [1.29, 1.82) is 0 Å². The second-order valence-corrected chi connectivity index (χ2v) is 18.6. The summed E-state index contributed by atoms with van der Waals surface area (Å²) < 4.78 is 0. The molecule has 11 aromatic rings. The van der Waals surface area contributed by atoms with Crippen LogP contribution in [0.1, 0.15) is 56.2 Å². The number of nitrogens with zero attached hydrogens (tertiary/aromatic N) is 1. The molecular formula is C69H57N. The molecule has 0 bridgehead atoms. The molecule has 1 nitrogen and oxygen atoms in total. The first kappa shape index (κ1) is 44.3. The highest BCUT2D eigenvalue weighted by Gasteiger charge is 2.23. The number of anilines is 3. The first-order valence-electron chi connectivity index (χ1n) is 25.0. The van der Waals surface area contributed by atoms with E-state index in [0.29, 0.717) is 0 Å². The van der Waals surface area contributed by atoms with E-state index in [1.54, 1.807) is 0 Å². The summed E-state index contributed by atoms with van der Waals surface area (Å²) in [5.41, 5.74) is 19.9. The molecule has 0 radical (unpaired) electrons. The van der Waals surface area contributed by atoms with Gasteiger partial charge in [-0.2, -0.15) is 0 Å². The van der Waals surface area contributed by atoms with Crippen LogP contribution in [0.5, 0.6) is 0 Å². The van der Waals surface area contributed by atoms with Crippen LogP contribution in [0.15, 0.2) is 243 Å². The van der Waals surface area contributed by atoms with Crippen molar-refractivity contribution in [2.24, 2.45) is 0 Å². The molecule has 0 heterocycles. The lowest BCUT2D eigenvalue weighted by atomic mass is 9.83. The summed E-state index contributed by atoms with van der Waals surface area (Å²) in [5, 5.41) is 7.58. The Kier molecular flexibility index (Phi) is 12.5. The van der Waals surface area contributed by atoms with Gasteiger partial charge in [-0.25, -0.2) is 0 Å². The van der Waals surface area contributed by atoms with E-state index in [1.807, 2.05) is 0 Å². The summed E-state index contributed by atoms with van der Waals surface area (Å²) in [6, 6.07) is 89.8. The fraction of sp³-hybridized carbons (Fsp3) is 0.101. The van der Waals surface area contributed by atoms with Crippen LogP contribution in [0.2, 0.25) is 0 Å². The van der Waals surface area contributed by atoms with Gasteiger partial charge in [0.25, 0.3) is 0 Å². The zero-order valence-corrected chi connectivity index (χ0v) is 40.4. The maximum atomic E-state index is 2.52. The fourth-order valence-corrected chi connectivity index (χ4v) is 10.8. The highest BCUT2D eigenvalue weighted by Crippen LogP contribution is 2.48. The quantitative estimate of drug-likeness (QED) is 0.0823. The summed E-state index contributed by atoms with van der Waals surface area (Å²) in [6.07, 6.45) is 4.10. The zero-order valence-electron chi connectivity index (χ0n) is 40.4. The Hall–Kier alpha value is -8.26. The number of hydrogen-bond acceptors (Lipinski definition) is 1. The number of para-hydroxylation sites is 1. The summed E-state index contributed by atoms with van der Waals surface area (Å²) in [4.78, 5) is 2.47. The molecule has 0 aliphatic rings. The molecule has 11 rings (SSSR count). The minimum atomic E-state index is 0.994. The smallest absolute Gasteiger partial charge is 0.0540 e. The fourth-order valence-electron chi connectivity index (χ4n) is 10.8. The van der Waals surface area contributed by atoms with E-state index < -0.39 is 0 Å². The molecule has 0 aromatic heterocycles. The Balaban J connectivity index is 1.08. The van der Waals surface area contributed by atoms with E-state index in [0.717, 1.165) is 42.7 Å². The van der Waals surface area contributed by atoms with Crippen LogP contribution in [-0.4, -0.2) is 0 Å². The summed E-state index contributed by atoms with van der Waals surface area (Å²) >= 11 is 0. The van der Waals surface area contributed by atoms with Crippen LogP contribution in [-0.2, 0) is 0 Å². The molecule has 0 amide bonds. The van der Waals surface area contributed by atoms with Gasteiger partial charge in [0.15, 0.2) is 0 Å². The Labute approximate surface area is 413 Å². The van der Waals surface area contributed by atoms with Crippen molar-refractivity contribution in [1.82, 2.24) is 0 Å². The SMILES string of the molecule is CCCC(=C(CCC)c1ccc2c(-c3ccccc3)c3ccccc3c(-c3ccccc3)c2c1)c1ccc2cc(N(c3ccccc3-c3ccccc3)c3ccc(C)cc3-c3ccccc3)ccc2c1. The number of benzene rings is 11. The topological polar surface area (TPSA) is 3.24 Å². The molecule has 0 aliphatic carbocycles. The summed E-state index contributed by atoms with van der Waals surface area (Å²) in [6.45, 7) is 6.83. The largest absolute Gasteiger partial charge is 0.309 e.